The van der Waals surface area contributed by atoms with E-state index in [0.717, 1.165) is 25.7 Å². The van der Waals surface area contributed by atoms with Crippen molar-refractivity contribution in [1.29, 1.82) is 0 Å². The Labute approximate surface area is 148 Å². The Kier molecular flexibility index (Phi) is 4.68. The molecule has 0 aliphatic carbocycles. The van der Waals surface area contributed by atoms with Crippen molar-refractivity contribution in [3.8, 4) is 0 Å². The second kappa shape index (κ2) is 6.50. The minimum Gasteiger partial charge on any atom is -0.481 e. The maximum Gasteiger partial charge on any atom is 0.410 e. The van der Waals surface area contributed by atoms with Crippen LogP contribution >= 0.6 is 0 Å². The number of carboxylic acid groups (broad SMARTS) is 1. The summed E-state index contributed by atoms with van der Waals surface area (Å²) >= 11 is 0. The number of hydrogen-bond donors (Lipinski definition) is 1. The van der Waals surface area contributed by atoms with Gasteiger partial charge in [-0.2, -0.15) is 0 Å². The number of piperidine rings is 1. The summed E-state index contributed by atoms with van der Waals surface area (Å²) < 4.78 is 5.54. The molecule has 4 atom stereocenters. The molecule has 2 unspecified atom stereocenters. The number of carbonyl (C=O) groups is 3. The highest BCUT2D eigenvalue weighted by Gasteiger charge is 2.46. The zero-order valence-corrected chi connectivity index (χ0v) is 15.2. The van der Waals surface area contributed by atoms with Crippen molar-refractivity contribution < 1.29 is 24.2 Å². The number of fused-ring (bicyclic) bond motifs is 2. The molecule has 7 nitrogen and oxygen atoms in total. The first-order valence-corrected chi connectivity index (χ1v) is 9.16. The van der Waals surface area contributed by atoms with Crippen LogP contribution in [0.2, 0.25) is 0 Å². The van der Waals surface area contributed by atoms with Crippen LogP contribution < -0.4 is 0 Å². The van der Waals surface area contributed by atoms with Crippen molar-refractivity contribution in [2.75, 3.05) is 13.1 Å². The van der Waals surface area contributed by atoms with Gasteiger partial charge in [-0.05, 0) is 52.4 Å². The van der Waals surface area contributed by atoms with E-state index in [4.69, 9.17) is 9.84 Å². The molecule has 140 valence electrons. The van der Waals surface area contributed by atoms with E-state index in [1.807, 2.05) is 25.7 Å². The number of ether oxygens (including phenoxy) is 1. The van der Waals surface area contributed by atoms with E-state index in [0.29, 0.717) is 19.0 Å². The van der Waals surface area contributed by atoms with Crippen LogP contribution in [0.3, 0.4) is 0 Å². The van der Waals surface area contributed by atoms with Gasteiger partial charge in [-0.3, -0.25) is 9.59 Å². The average molecular weight is 352 g/mol. The van der Waals surface area contributed by atoms with E-state index >= 15 is 0 Å². The third-order valence-corrected chi connectivity index (χ3v) is 5.48. The van der Waals surface area contributed by atoms with E-state index in [2.05, 4.69) is 0 Å². The smallest absolute Gasteiger partial charge is 0.410 e. The molecule has 0 spiro atoms. The maximum absolute atomic E-state index is 12.5. The largest absolute Gasteiger partial charge is 0.481 e. The van der Waals surface area contributed by atoms with Gasteiger partial charge in [-0.25, -0.2) is 4.79 Å². The zero-order chi connectivity index (χ0) is 18.4. The SMILES string of the molecule is CC(C)(C)OC(=O)N1[C@@H]2CC[C@H]1CC(CN1CC(C(=O)O)CC1=O)C2. The number of hydrogen-bond acceptors (Lipinski definition) is 4. The van der Waals surface area contributed by atoms with Gasteiger partial charge in [-0.1, -0.05) is 0 Å². The molecular formula is C18H28N2O5. The van der Waals surface area contributed by atoms with Gasteiger partial charge in [-0.15, -0.1) is 0 Å². The van der Waals surface area contributed by atoms with Crippen LogP contribution in [-0.2, 0) is 14.3 Å². The van der Waals surface area contributed by atoms with E-state index in [-0.39, 0.29) is 30.5 Å². The molecule has 0 saturated carbocycles. The normalized spacial score (nSPS) is 32.2. The summed E-state index contributed by atoms with van der Waals surface area (Å²) in [4.78, 5) is 39.2. The molecule has 0 aromatic rings. The molecule has 3 aliphatic heterocycles. The lowest BCUT2D eigenvalue weighted by atomic mass is 9.90. The fourth-order valence-corrected chi connectivity index (χ4v) is 4.48. The Morgan fingerprint density at radius 1 is 1.20 bits per heavy atom. The third kappa shape index (κ3) is 3.90. The molecule has 1 N–H and O–H groups in total. The van der Waals surface area contributed by atoms with Gasteiger partial charge >= 0.3 is 12.1 Å². The summed E-state index contributed by atoms with van der Waals surface area (Å²) in [7, 11) is 0. The van der Waals surface area contributed by atoms with Gasteiger partial charge in [0, 0.05) is 31.6 Å². The van der Waals surface area contributed by atoms with Gasteiger partial charge in [0.25, 0.3) is 0 Å². The molecule has 7 heteroatoms. The Morgan fingerprint density at radius 3 is 2.28 bits per heavy atom. The van der Waals surface area contributed by atoms with E-state index in [9.17, 15) is 14.4 Å². The number of aliphatic carboxylic acids is 1. The lowest BCUT2D eigenvalue weighted by molar-refractivity contribution is -0.141. The van der Waals surface area contributed by atoms with Crippen LogP contribution in [0.25, 0.3) is 0 Å². The highest BCUT2D eigenvalue weighted by Crippen LogP contribution is 2.40. The van der Waals surface area contributed by atoms with Crippen LogP contribution in [-0.4, -0.2) is 63.7 Å². The minimum atomic E-state index is -0.893. The van der Waals surface area contributed by atoms with Gasteiger partial charge in [0.15, 0.2) is 0 Å². The van der Waals surface area contributed by atoms with Crippen LogP contribution in [0.4, 0.5) is 4.79 Å². The number of nitrogens with zero attached hydrogens (tertiary/aromatic N) is 2. The van der Waals surface area contributed by atoms with Crippen molar-refractivity contribution in [3.05, 3.63) is 0 Å². The molecule has 0 radical (unpaired) electrons. The molecule has 2 amide bonds. The van der Waals surface area contributed by atoms with Crippen molar-refractivity contribution in [1.82, 2.24) is 9.80 Å². The first-order chi connectivity index (χ1) is 11.6. The molecule has 0 aromatic heterocycles. The molecule has 0 aromatic carbocycles. The quantitative estimate of drug-likeness (QED) is 0.840. The highest BCUT2D eigenvalue weighted by molar-refractivity contribution is 5.86. The fraction of sp³-hybridized carbons (Fsp3) is 0.833. The second-order valence-electron chi connectivity index (χ2n) is 8.65. The summed E-state index contributed by atoms with van der Waals surface area (Å²) in [5.74, 6) is -1.20. The topological polar surface area (TPSA) is 87.2 Å². The van der Waals surface area contributed by atoms with Crippen LogP contribution in [0.15, 0.2) is 0 Å². The highest BCUT2D eigenvalue weighted by atomic mass is 16.6. The van der Waals surface area contributed by atoms with Crippen LogP contribution in [0.1, 0.15) is 52.9 Å². The zero-order valence-electron chi connectivity index (χ0n) is 15.2. The predicted octanol–water partition coefficient (Wildman–Crippen LogP) is 2.10. The van der Waals surface area contributed by atoms with Crippen molar-refractivity contribution in [2.24, 2.45) is 11.8 Å². The Balaban J connectivity index is 1.58. The lowest BCUT2D eigenvalue weighted by Crippen LogP contribution is -2.50. The summed E-state index contributed by atoms with van der Waals surface area (Å²) in [6.07, 6.45) is 3.55. The van der Waals surface area contributed by atoms with Crippen molar-refractivity contribution >= 4 is 18.0 Å². The molecule has 3 rings (SSSR count). The Bertz CT molecular complexity index is 556. The van der Waals surface area contributed by atoms with E-state index < -0.39 is 17.5 Å². The molecule has 3 saturated heterocycles. The molecule has 2 bridgehead atoms. The van der Waals surface area contributed by atoms with E-state index in [1.54, 1.807) is 4.90 Å². The molecule has 25 heavy (non-hydrogen) atoms. The first-order valence-electron chi connectivity index (χ1n) is 9.16. The fourth-order valence-electron chi connectivity index (χ4n) is 4.48. The Hall–Kier alpha value is -1.79. The van der Waals surface area contributed by atoms with Gasteiger partial charge < -0.3 is 19.6 Å². The van der Waals surface area contributed by atoms with Crippen molar-refractivity contribution in [3.63, 3.8) is 0 Å². The van der Waals surface area contributed by atoms with Gasteiger partial charge in [0.2, 0.25) is 5.91 Å². The molecule has 3 aliphatic rings. The van der Waals surface area contributed by atoms with Crippen molar-refractivity contribution in [2.45, 2.75) is 70.6 Å². The number of amides is 2. The summed E-state index contributed by atoms with van der Waals surface area (Å²) in [6.45, 7) is 6.54. The number of carboxylic acids is 1. The lowest BCUT2D eigenvalue weighted by Gasteiger charge is -2.40. The summed E-state index contributed by atoms with van der Waals surface area (Å²) in [5.41, 5.74) is -0.499. The molecule has 3 fully saturated rings. The average Bonchev–Trinajstić information content (AvgIpc) is 2.96. The van der Waals surface area contributed by atoms with Gasteiger partial charge in [0.1, 0.15) is 5.60 Å². The summed E-state index contributed by atoms with van der Waals surface area (Å²) in [6, 6.07) is 0.346. The number of rotatable bonds is 3. The monoisotopic (exact) mass is 352 g/mol. The Morgan fingerprint density at radius 2 is 1.80 bits per heavy atom. The first kappa shape index (κ1) is 18.0. The van der Waals surface area contributed by atoms with Gasteiger partial charge in [0.05, 0.1) is 5.92 Å². The van der Waals surface area contributed by atoms with Crippen LogP contribution in [0, 0.1) is 11.8 Å². The minimum absolute atomic E-state index is 0.0608. The van der Waals surface area contributed by atoms with Crippen LogP contribution in [0.5, 0.6) is 0 Å². The molecular weight excluding hydrogens is 324 g/mol. The standard InChI is InChI=1S/C18H28N2O5/c1-18(2,3)25-17(24)20-13-4-5-14(20)7-11(6-13)9-19-10-12(16(22)23)8-15(19)21/h11-14H,4-10H2,1-3H3,(H,22,23)/t11?,12?,13-,14+. The second-order valence-corrected chi connectivity index (χ2v) is 8.65. The maximum atomic E-state index is 12.5. The molecule has 3 heterocycles. The van der Waals surface area contributed by atoms with E-state index in [1.165, 1.54) is 0 Å². The number of carbonyl (C=O) groups excluding carboxylic acids is 2. The number of likely N-dealkylation sites (tertiary alicyclic amines) is 1. The predicted molar refractivity (Wildman–Crippen MR) is 89.9 cm³/mol. The summed E-state index contributed by atoms with van der Waals surface area (Å²) in [5, 5.41) is 9.10. The third-order valence-electron chi connectivity index (χ3n) is 5.48.